The third-order valence-corrected chi connectivity index (χ3v) is 6.23. The first kappa shape index (κ1) is 21.5. The fraction of sp³-hybridized carbons (Fsp3) is 0.286. The number of nitrogens with zero attached hydrogens (tertiary/aromatic N) is 1. The molecule has 1 N–H and O–H groups in total. The number of imide groups is 1. The van der Waals surface area contributed by atoms with E-state index in [1.807, 2.05) is 6.07 Å². The number of amides is 2. The summed E-state index contributed by atoms with van der Waals surface area (Å²) in [5.41, 5.74) is 1.35. The molecule has 0 spiro atoms. The first-order valence-corrected chi connectivity index (χ1v) is 10.9. The summed E-state index contributed by atoms with van der Waals surface area (Å²) in [5.74, 6) is -1.76. The van der Waals surface area contributed by atoms with E-state index in [4.69, 9.17) is 4.74 Å². The van der Waals surface area contributed by atoms with Crippen LogP contribution in [0.3, 0.4) is 0 Å². The number of sulfonamides is 1. The van der Waals surface area contributed by atoms with E-state index < -0.39 is 28.5 Å². The molecule has 3 rings (SSSR count). The Morgan fingerprint density at radius 1 is 1.13 bits per heavy atom. The van der Waals surface area contributed by atoms with Crippen molar-refractivity contribution in [1.82, 2.24) is 4.90 Å². The minimum Gasteiger partial charge on any atom is -0.452 e. The molecule has 1 aliphatic heterocycles. The van der Waals surface area contributed by atoms with Crippen LogP contribution in [-0.2, 0) is 24.3 Å². The van der Waals surface area contributed by atoms with Crippen molar-refractivity contribution >= 4 is 33.5 Å². The summed E-state index contributed by atoms with van der Waals surface area (Å²) in [6.45, 7) is 3.18. The Balaban J connectivity index is 1.77. The molecule has 158 valence electrons. The smallest absolute Gasteiger partial charge is 0.340 e. The predicted octanol–water partition coefficient (Wildman–Crippen LogP) is 2.41. The Labute approximate surface area is 174 Å². The molecule has 0 atom stereocenters. The summed E-state index contributed by atoms with van der Waals surface area (Å²) >= 11 is 0. The average Bonchev–Trinajstić information content (AvgIpc) is 3.13. The van der Waals surface area contributed by atoms with Crippen LogP contribution < -0.4 is 4.72 Å². The molecule has 1 fully saturated rings. The molecule has 0 aliphatic carbocycles. The summed E-state index contributed by atoms with van der Waals surface area (Å²) in [7, 11) is -3.95. The number of aryl methyl sites for hydroxylation is 2. The van der Waals surface area contributed by atoms with Gasteiger partial charge in [0.2, 0.25) is 5.91 Å². The number of carbonyl (C=O) groups is 3. The van der Waals surface area contributed by atoms with Crippen LogP contribution in [0.2, 0.25) is 0 Å². The maximum atomic E-state index is 12.9. The summed E-state index contributed by atoms with van der Waals surface area (Å²) in [6.07, 6.45) is 0.879. The number of likely N-dealkylation sites (tertiary alicyclic amines) is 1. The fourth-order valence-corrected chi connectivity index (χ4v) is 4.55. The Hall–Kier alpha value is -3.20. The zero-order chi connectivity index (χ0) is 21.9. The van der Waals surface area contributed by atoms with Gasteiger partial charge >= 0.3 is 5.97 Å². The van der Waals surface area contributed by atoms with E-state index in [-0.39, 0.29) is 22.1 Å². The lowest BCUT2D eigenvalue weighted by Crippen LogP contribution is -2.35. The Bertz CT molecular complexity index is 1110. The average molecular weight is 430 g/mol. The van der Waals surface area contributed by atoms with Crippen LogP contribution in [0.5, 0.6) is 0 Å². The van der Waals surface area contributed by atoms with Crippen LogP contribution in [0.25, 0.3) is 0 Å². The van der Waals surface area contributed by atoms with Crippen LogP contribution in [-0.4, -0.2) is 44.3 Å². The van der Waals surface area contributed by atoms with Gasteiger partial charge in [-0.1, -0.05) is 24.3 Å². The maximum absolute atomic E-state index is 12.9. The molecule has 0 saturated carbocycles. The van der Waals surface area contributed by atoms with Crippen molar-refractivity contribution in [2.24, 2.45) is 0 Å². The van der Waals surface area contributed by atoms with Crippen LogP contribution in [0.15, 0.2) is 47.4 Å². The first-order chi connectivity index (χ1) is 14.2. The summed E-state index contributed by atoms with van der Waals surface area (Å²) < 4.78 is 33.2. The van der Waals surface area contributed by atoms with E-state index in [1.165, 1.54) is 12.1 Å². The molecule has 1 saturated heterocycles. The van der Waals surface area contributed by atoms with Crippen molar-refractivity contribution < 1.29 is 27.5 Å². The highest BCUT2D eigenvalue weighted by atomic mass is 32.2. The number of hydrogen-bond donors (Lipinski definition) is 1. The molecule has 0 unspecified atom stereocenters. The second-order valence-corrected chi connectivity index (χ2v) is 8.69. The molecule has 2 amide bonds. The number of anilines is 1. The van der Waals surface area contributed by atoms with E-state index in [2.05, 4.69) is 4.72 Å². The Morgan fingerprint density at radius 3 is 2.57 bits per heavy atom. The van der Waals surface area contributed by atoms with Gasteiger partial charge in [0.05, 0.1) is 16.1 Å². The third kappa shape index (κ3) is 4.68. The van der Waals surface area contributed by atoms with Gasteiger partial charge in [0.1, 0.15) is 0 Å². The molecular weight excluding hydrogens is 408 g/mol. The van der Waals surface area contributed by atoms with Gasteiger partial charge in [-0.25, -0.2) is 13.2 Å². The quantitative estimate of drug-likeness (QED) is 0.705. The zero-order valence-corrected chi connectivity index (χ0v) is 17.5. The summed E-state index contributed by atoms with van der Waals surface area (Å²) in [5, 5.41) is 0. The van der Waals surface area contributed by atoms with Crippen LogP contribution in [0.1, 0.15) is 34.3 Å². The zero-order valence-electron chi connectivity index (χ0n) is 16.7. The monoisotopic (exact) mass is 430 g/mol. The van der Waals surface area contributed by atoms with Crippen molar-refractivity contribution in [2.45, 2.75) is 31.6 Å². The number of ether oxygens (including phenoxy) is 1. The first-order valence-electron chi connectivity index (χ1n) is 9.38. The lowest BCUT2D eigenvalue weighted by Gasteiger charge is -2.15. The lowest BCUT2D eigenvalue weighted by atomic mass is 10.2. The second-order valence-electron chi connectivity index (χ2n) is 7.04. The molecule has 2 aromatic carbocycles. The standard InChI is InChI=1S/C21H22N2O6S/c1-14-9-10-15(2)18(12-14)30(27,28)22-17-7-4-3-6-16(17)21(26)29-13-20(25)23-11-5-8-19(23)24/h3-4,6-7,9-10,12,22H,5,8,11,13H2,1-2H3. The van der Waals surface area contributed by atoms with Gasteiger partial charge in [0.25, 0.3) is 15.9 Å². The molecule has 0 radical (unpaired) electrons. The highest BCUT2D eigenvalue weighted by Crippen LogP contribution is 2.23. The number of carbonyl (C=O) groups excluding carboxylic acids is 3. The Kier molecular flexibility index (Phi) is 6.21. The Morgan fingerprint density at radius 2 is 1.87 bits per heavy atom. The van der Waals surface area contributed by atoms with E-state index in [0.717, 1.165) is 10.5 Å². The lowest BCUT2D eigenvalue weighted by molar-refractivity contribution is -0.143. The molecule has 2 aromatic rings. The minimum atomic E-state index is -3.95. The SMILES string of the molecule is Cc1ccc(C)c(S(=O)(=O)Nc2ccccc2C(=O)OCC(=O)N2CCCC2=O)c1. The van der Waals surface area contributed by atoms with Crippen molar-refractivity contribution in [3.63, 3.8) is 0 Å². The molecule has 0 aromatic heterocycles. The maximum Gasteiger partial charge on any atom is 0.340 e. The normalized spacial score (nSPS) is 13.9. The van der Waals surface area contributed by atoms with Gasteiger partial charge in [-0.3, -0.25) is 19.2 Å². The number of esters is 1. The largest absolute Gasteiger partial charge is 0.452 e. The van der Waals surface area contributed by atoms with Gasteiger partial charge < -0.3 is 4.74 Å². The van der Waals surface area contributed by atoms with Crippen molar-refractivity contribution in [1.29, 1.82) is 0 Å². The van der Waals surface area contributed by atoms with Gasteiger partial charge in [-0.15, -0.1) is 0 Å². The van der Waals surface area contributed by atoms with E-state index in [1.54, 1.807) is 38.1 Å². The molecule has 1 heterocycles. The van der Waals surface area contributed by atoms with Crippen molar-refractivity contribution in [3.05, 3.63) is 59.2 Å². The molecule has 30 heavy (non-hydrogen) atoms. The van der Waals surface area contributed by atoms with Crippen LogP contribution in [0.4, 0.5) is 5.69 Å². The van der Waals surface area contributed by atoms with Gasteiger partial charge in [-0.2, -0.15) is 0 Å². The van der Waals surface area contributed by atoms with E-state index >= 15 is 0 Å². The highest BCUT2D eigenvalue weighted by molar-refractivity contribution is 7.92. The number of para-hydroxylation sites is 1. The minimum absolute atomic E-state index is 0.0353. The number of benzene rings is 2. The molecular formula is C21H22N2O6S. The fourth-order valence-electron chi connectivity index (χ4n) is 3.14. The predicted molar refractivity (Wildman–Crippen MR) is 109 cm³/mol. The van der Waals surface area contributed by atoms with Gasteiger partial charge in [-0.05, 0) is 49.6 Å². The number of nitrogens with one attached hydrogen (secondary N) is 1. The summed E-state index contributed by atoms with van der Waals surface area (Å²) in [6, 6.07) is 11.0. The molecule has 8 nitrogen and oxygen atoms in total. The van der Waals surface area contributed by atoms with Crippen LogP contribution in [0, 0.1) is 13.8 Å². The van der Waals surface area contributed by atoms with Gasteiger partial charge in [0.15, 0.2) is 6.61 Å². The van der Waals surface area contributed by atoms with Crippen molar-refractivity contribution in [2.75, 3.05) is 17.9 Å². The number of hydrogen-bond acceptors (Lipinski definition) is 6. The topological polar surface area (TPSA) is 110 Å². The second kappa shape index (κ2) is 8.66. The number of rotatable bonds is 6. The highest BCUT2D eigenvalue weighted by Gasteiger charge is 2.27. The van der Waals surface area contributed by atoms with Crippen LogP contribution >= 0.6 is 0 Å². The summed E-state index contributed by atoms with van der Waals surface area (Å²) in [4.78, 5) is 37.4. The molecule has 1 aliphatic rings. The molecule has 0 bridgehead atoms. The van der Waals surface area contributed by atoms with Crippen molar-refractivity contribution in [3.8, 4) is 0 Å². The third-order valence-electron chi connectivity index (χ3n) is 4.73. The van der Waals surface area contributed by atoms with E-state index in [0.29, 0.717) is 24.9 Å². The van der Waals surface area contributed by atoms with Gasteiger partial charge in [0, 0.05) is 13.0 Å². The van der Waals surface area contributed by atoms with E-state index in [9.17, 15) is 22.8 Å². The molecule has 9 heteroatoms.